The second kappa shape index (κ2) is 11.3. The Bertz CT molecular complexity index is 1370. The lowest BCUT2D eigenvalue weighted by Gasteiger charge is -2.16. The summed E-state index contributed by atoms with van der Waals surface area (Å²) in [6.07, 6.45) is 2.25. The second-order valence-electron chi connectivity index (χ2n) is 7.48. The molecule has 178 valence electrons. The van der Waals surface area contributed by atoms with Crippen LogP contribution in [0.2, 0.25) is 0 Å². The fourth-order valence-corrected chi connectivity index (χ4v) is 3.65. The number of alkyl halides is 1. The van der Waals surface area contributed by atoms with Crippen molar-refractivity contribution < 1.29 is 18.9 Å². The first-order valence-corrected chi connectivity index (χ1v) is 11.5. The maximum atomic E-state index is 9.75. The lowest BCUT2D eigenvalue weighted by molar-refractivity contribution is 0.295. The monoisotopic (exact) mass is 489 g/mol. The van der Waals surface area contributed by atoms with Crippen LogP contribution < -0.4 is 24.3 Å². The Morgan fingerprint density at radius 3 is 2.49 bits per heavy atom. The summed E-state index contributed by atoms with van der Waals surface area (Å²) in [6.45, 7) is 0.464. The van der Waals surface area contributed by atoms with Crippen molar-refractivity contribution in [3.63, 3.8) is 0 Å². The summed E-state index contributed by atoms with van der Waals surface area (Å²) in [6, 6.07) is 20.7. The van der Waals surface area contributed by atoms with E-state index in [1.165, 1.54) is 6.20 Å². The Labute approximate surface area is 208 Å². The standard InChI is InChI=1S/C27H24ClN3O4/c1-32-23-9-3-4-10-24(23)35-20-8-5-7-19(13-20)31-27-18(16-29)17-30-22-15-26(34-12-6-11-28)25(33-2)14-21(22)27/h3-5,7-10,13-15,17H,6,11-12H2,1-2H3,(H,30,31). The van der Waals surface area contributed by atoms with Crippen LogP contribution in [0.15, 0.2) is 66.9 Å². The quantitative estimate of drug-likeness (QED) is 0.197. The third-order valence-electron chi connectivity index (χ3n) is 5.21. The number of benzene rings is 3. The summed E-state index contributed by atoms with van der Waals surface area (Å²) in [5.41, 5.74) is 2.40. The molecule has 1 N–H and O–H groups in total. The van der Waals surface area contributed by atoms with Gasteiger partial charge in [-0.1, -0.05) is 18.2 Å². The Morgan fingerprint density at radius 1 is 0.943 bits per heavy atom. The van der Waals surface area contributed by atoms with Crippen LogP contribution in [-0.4, -0.2) is 31.7 Å². The van der Waals surface area contributed by atoms with Crippen LogP contribution in [0.4, 0.5) is 11.4 Å². The molecule has 1 heterocycles. The molecule has 3 aromatic carbocycles. The molecule has 0 aliphatic heterocycles. The Kier molecular flexibility index (Phi) is 7.76. The van der Waals surface area contributed by atoms with E-state index < -0.39 is 0 Å². The molecule has 0 fully saturated rings. The maximum absolute atomic E-state index is 9.75. The summed E-state index contributed by atoms with van der Waals surface area (Å²) < 4.78 is 22.8. The van der Waals surface area contributed by atoms with E-state index in [4.69, 9.17) is 30.5 Å². The molecule has 0 radical (unpaired) electrons. The van der Waals surface area contributed by atoms with Crippen molar-refractivity contribution in [2.45, 2.75) is 6.42 Å². The van der Waals surface area contributed by atoms with E-state index in [2.05, 4.69) is 16.4 Å². The molecule has 8 heteroatoms. The summed E-state index contributed by atoms with van der Waals surface area (Å²) in [4.78, 5) is 4.45. The van der Waals surface area contributed by atoms with E-state index in [-0.39, 0.29) is 0 Å². The predicted molar refractivity (Wildman–Crippen MR) is 137 cm³/mol. The molecule has 4 rings (SSSR count). The minimum absolute atomic E-state index is 0.395. The number of methoxy groups -OCH3 is 2. The molecule has 0 atom stereocenters. The number of para-hydroxylation sites is 2. The van der Waals surface area contributed by atoms with Gasteiger partial charge in [0.05, 0.1) is 37.6 Å². The second-order valence-corrected chi connectivity index (χ2v) is 7.85. The molecule has 0 saturated heterocycles. The average Bonchev–Trinajstić information content (AvgIpc) is 2.89. The zero-order chi connectivity index (χ0) is 24.6. The highest BCUT2D eigenvalue weighted by molar-refractivity contribution is 6.17. The Balaban J connectivity index is 1.69. The van der Waals surface area contributed by atoms with Crippen LogP contribution in [0.3, 0.4) is 0 Å². The number of pyridine rings is 1. The minimum atomic E-state index is 0.395. The number of rotatable bonds is 10. The highest BCUT2D eigenvalue weighted by atomic mass is 35.5. The van der Waals surface area contributed by atoms with Crippen molar-refractivity contribution >= 4 is 33.9 Å². The van der Waals surface area contributed by atoms with E-state index in [9.17, 15) is 5.26 Å². The fraction of sp³-hybridized carbons (Fsp3) is 0.185. The zero-order valence-corrected chi connectivity index (χ0v) is 20.1. The summed E-state index contributed by atoms with van der Waals surface area (Å²) in [5.74, 6) is 3.47. The van der Waals surface area contributed by atoms with Gasteiger partial charge in [-0.15, -0.1) is 11.6 Å². The highest BCUT2D eigenvalue weighted by Crippen LogP contribution is 2.38. The molecule has 1 aromatic heterocycles. The smallest absolute Gasteiger partial charge is 0.169 e. The molecule has 0 unspecified atom stereocenters. The first-order chi connectivity index (χ1) is 17.2. The molecule has 4 aromatic rings. The van der Waals surface area contributed by atoms with E-state index in [1.807, 2.05) is 54.6 Å². The van der Waals surface area contributed by atoms with E-state index >= 15 is 0 Å². The fourth-order valence-electron chi connectivity index (χ4n) is 3.54. The number of halogens is 1. The number of nitrogens with zero attached hydrogens (tertiary/aromatic N) is 2. The maximum Gasteiger partial charge on any atom is 0.169 e. The summed E-state index contributed by atoms with van der Waals surface area (Å²) >= 11 is 5.76. The van der Waals surface area contributed by atoms with Gasteiger partial charge in [0.2, 0.25) is 0 Å². The van der Waals surface area contributed by atoms with Gasteiger partial charge in [-0.05, 0) is 36.8 Å². The normalized spacial score (nSPS) is 10.5. The SMILES string of the molecule is COc1cc2c(Nc3cccc(Oc4ccccc4OC)c3)c(C#N)cnc2cc1OCCCCl. The van der Waals surface area contributed by atoms with Gasteiger partial charge in [0, 0.05) is 35.3 Å². The molecule has 7 nitrogen and oxygen atoms in total. The van der Waals surface area contributed by atoms with Crippen molar-refractivity contribution in [3.8, 4) is 34.8 Å². The number of hydrogen-bond donors (Lipinski definition) is 1. The molecular formula is C27H24ClN3O4. The van der Waals surface area contributed by atoms with E-state index in [0.29, 0.717) is 64.4 Å². The highest BCUT2D eigenvalue weighted by Gasteiger charge is 2.15. The number of anilines is 2. The summed E-state index contributed by atoms with van der Waals surface area (Å²) in [5, 5.41) is 13.8. The van der Waals surface area contributed by atoms with Gasteiger partial charge < -0.3 is 24.3 Å². The third-order valence-corrected chi connectivity index (χ3v) is 5.48. The van der Waals surface area contributed by atoms with E-state index in [1.54, 1.807) is 20.3 Å². The van der Waals surface area contributed by atoms with E-state index in [0.717, 1.165) is 11.1 Å². The molecule has 0 spiro atoms. The lowest BCUT2D eigenvalue weighted by Crippen LogP contribution is -2.02. The average molecular weight is 490 g/mol. The van der Waals surface area contributed by atoms with Gasteiger partial charge in [-0.25, -0.2) is 0 Å². The van der Waals surface area contributed by atoms with Crippen molar-refractivity contribution in [2.75, 3.05) is 32.0 Å². The number of fused-ring (bicyclic) bond motifs is 1. The lowest BCUT2D eigenvalue weighted by atomic mass is 10.1. The molecule has 0 aliphatic rings. The Morgan fingerprint density at radius 2 is 1.74 bits per heavy atom. The number of hydrogen-bond acceptors (Lipinski definition) is 7. The number of ether oxygens (including phenoxy) is 4. The molecule has 35 heavy (non-hydrogen) atoms. The van der Waals surface area contributed by atoms with Gasteiger partial charge in [0.15, 0.2) is 23.0 Å². The van der Waals surface area contributed by atoms with Gasteiger partial charge in [0.1, 0.15) is 11.8 Å². The van der Waals surface area contributed by atoms with Crippen LogP contribution >= 0.6 is 11.6 Å². The van der Waals surface area contributed by atoms with Gasteiger partial charge in [0.25, 0.3) is 0 Å². The largest absolute Gasteiger partial charge is 0.493 e. The predicted octanol–water partition coefficient (Wildman–Crippen LogP) is 6.67. The zero-order valence-electron chi connectivity index (χ0n) is 19.4. The molecule has 0 saturated carbocycles. The third kappa shape index (κ3) is 5.51. The van der Waals surface area contributed by atoms with Gasteiger partial charge >= 0.3 is 0 Å². The van der Waals surface area contributed by atoms with Crippen LogP contribution in [0.25, 0.3) is 10.9 Å². The van der Waals surface area contributed by atoms with Crippen LogP contribution in [-0.2, 0) is 0 Å². The van der Waals surface area contributed by atoms with Crippen molar-refractivity contribution in [1.82, 2.24) is 4.98 Å². The van der Waals surface area contributed by atoms with Crippen molar-refractivity contribution in [2.24, 2.45) is 0 Å². The van der Waals surface area contributed by atoms with Crippen LogP contribution in [0.5, 0.6) is 28.7 Å². The topological polar surface area (TPSA) is 85.6 Å². The molecular weight excluding hydrogens is 466 g/mol. The number of nitrogens with one attached hydrogen (secondary N) is 1. The first-order valence-electron chi connectivity index (χ1n) is 10.9. The summed E-state index contributed by atoms with van der Waals surface area (Å²) in [7, 11) is 3.17. The molecule has 0 aliphatic carbocycles. The van der Waals surface area contributed by atoms with Crippen LogP contribution in [0.1, 0.15) is 12.0 Å². The van der Waals surface area contributed by atoms with Crippen LogP contribution in [0, 0.1) is 11.3 Å². The Hall–Kier alpha value is -4.15. The number of aromatic nitrogens is 1. The first kappa shape index (κ1) is 24.0. The van der Waals surface area contributed by atoms with Crippen molar-refractivity contribution in [1.29, 1.82) is 5.26 Å². The van der Waals surface area contributed by atoms with Crippen molar-refractivity contribution in [3.05, 3.63) is 72.4 Å². The molecule has 0 bridgehead atoms. The van der Waals surface area contributed by atoms with Gasteiger partial charge in [-0.2, -0.15) is 5.26 Å². The number of nitriles is 1. The molecule has 0 amide bonds. The minimum Gasteiger partial charge on any atom is -0.493 e. The van der Waals surface area contributed by atoms with Gasteiger partial charge in [-0.3, -0.25) is 4.98 Å².